The van der Waals surface area contributed by atoms with E-state index in [0.717, 1.165) is 11.1 Å². The number of hydrogen-bond acceptors (Lipinski definition) is 8. The molecule has 8 nitrogen and oxygen atoms in total. The van der Waals surface area contributed by atoms with Gasteiger partial charge in [-0.1, -0.05) is 38.1 Å². The van der Waals surface area contributed by atoms with E-state index < -0.39 is 23.4 Å². The van der Waals surface area contributed by atoms with Crippen molar-refractivity contribution in [2.24, 2.45) is 0 Å². The van der Waals surface area contributed by atoms with Gasteiger partial charge in [-0.15, -0.1) is 11.6 Å². The lowest BCUT2D eigenvalue weighted by Crippen LogP contribution is -2.29. The van der Waals surface area contributed by atoms with E-state index in [1.54, 1.807) is 0 Å². The fourth-order valence-corrected chi connectivity index (χ4v) is 3.42. The van der Waals surface area contributed by atoms with E-state index in [1.165, 1.54) is 20.8 Å². The number of halogens is 1. The molecule has 0 bridgehead atoms. The van der Waals surface area contributed by atoms with Gasteiger partial charge in [0, 0.05) is 26.2 Å². The van der Waals surface area contributed by atoms with Crippen molar-refractivity contribution in [2.75, 3.05) is 26.4 Å². The van der Waals surface area contributed by atoms with E-state index in [-0.39, 0.29) is 37.8 Å². The average molecular weight is 521 g/mol. The third-order valence-electron chi connectivity index (χ3n) is 5.29. The van der Waals surface area contributed by atoms with Crippen molar-refractivity contribution in [1.29, 1.82) is 0 Å². The molecular weight excluding hydrogens is 488 g/mol. The predicted molar refractivity (Wildman–Crippen MR) is 134 cm³/mol. The normalized spacial score (nSPS) is 12.7. The van der Waals surface area contributed by atoms with Gasteiger partial charge in [-0.25, -0.2) is 0 Å². The van der Waals surface area contributed by atoms with Gasteiger partial charge in [0.1, 0.15) is 43.3 Å². The maximum Gasteiger partial charge on any atom is 0.303 e. The van der Waals surface area contributed by atoms with Crippen LogP contribution in [0.25, 0.3) is 0 Å². The molecule has 0 aliphatic heterocycles. The van der Waals surface area contributed by atoms with Crippen LogP contribution in [0.2, 0.25) is 0 Å². The van der Waals surface area contributed by atoms with Crippen LogP contribution in [0.5, 0.6) is 11.5 Å². The average Bonchev–Trinajstić information content (AvgIpc) is 2.83. The summed E-state index contributed by atoms with van der Waals surface area (Å²) in [6.45, 7) is 8.44. The van der Waals surface area contributed by atoms with Crippen molar-refractivity contribution >= 4 is 29.5 Å². The molecule has 9 heteroatoms. The molecule has 0 radical (unpaired) electrons. The summed E-state index contributed by atoms with van der Waals surface area (Å²) < 4.78 is 26.4. The molecule has 0 spiro atoms. The van der Waals surface area contributed by atoms with E-state index in [0.29, 0.717) is 11.5 Å². The maximum absolute atomic E-state index is 11.3. The Labute approximate surface area is 216 Å². The number of ether oxygens (including phenoxy) is 5. The standard InChI is InChI=1S/C27H33ClO8/c1-18(29)32-14-23(28)15-34-24-10-6-21(7-11-24)27(4,5)22-8-12-25(13-9-22)35-17-26(36-20(3)31)16-33-19(2)30/h6-13,23,26H,14-17H2,1-5H3/t23-,26+/m0/s1. The van der Waals surface area contributed by atoms with Crippen LogP contribution in [-0.4, -0.2) is 55.8 Å². The van der Waals surface area contributed by atoms with Crippen LogP contribution in [0.1, 0.15) is 45.7 Å². The lowest BCUT2D eigenvalue weighted by atomic mass is 9.78. The Morgan fingerprint density at radius 2 is 1.14 bits per heavy atom. The Morgan fingerprint density at radius 3 is 1.58 bits per heavy atom. The second kappa shape index (κ2) is 13.7. The van der Waals surface area contributed by atoms with E-state index >= 15 is 0 Å². The van der Waals surface area contributed by atoms with Gasteiger partial charge in [0.2, 0.25) is 0 Å². The second-order valence-corrected chi connectivity index (χ2v) is 9.35. The Balaban J connectivity index is 1.96. The Bertz CT molecular complexity index is 1000. The van der Waals surface area contributed by atoms with E-state index in [9.17, 15) is 14.4 Å². The van der Waals surface area contributed by atoms with Crippen molar-refractivity contribution in [1.82, 2.24) is 0 Å². The summed E-state index contributed by atoms with van der Waals surface area (Å²) in [4.78, 5) is 33.2. The maximum atomic E-state index is 11.3. The van der Waals surface area contributed by atoms with Crippen molar-refractivity contribution in [2.45, 2.75) is 51.5 Å². The number of alkyl halides is 1. The topological polar surface area (TPSA) is 97.4 Å². The number of carbonyl (C=O) groups is 3. The second-order valence-electron chi connectivity index (χ2n) is 8.73. The summed E-state index contributed by atoms with van der Waals surface area (Å²) in [7, 11) is 0. The molecule has 0 saturated carbocycles. The summed E-state index contributed by atoms with van der Waals surface area (Å²) in [6.07, 6.45) is -0.695. The molecule has 36 heavy (non-hydrogen) atoms. The molecule has 0 N–H and O–H groups in total. The minimum atomic E-state index is -0.695. The van der Waals surface area contributed by atoms with Gasteiger partial charge in [-0.2, -0.15) is 0 Å². The lowest BCUT2D eigenvalue weighted by Gasteiger charge is -2.26. The molecule has 0 unspecified atom stereocenters. The Morgan fingerprint density at radius 1 is 0.694 bits per heavy atom. The zero-order chi connectivity index (χ0) is 26.7. The molecule has 0 aliphatic rings. The van der Waals surface area contributed by atoms with Crippen LogP contribution in [0.4, 0.5) is 0 Å². The molecule has 2 aromatic carbocycles. The highest BCUT2D eigenvalue weighted by Gasteiger charge is 2.23. The van der Waals surface area contributed by atoms with Crippen molar-refractivity contribution in [3.8, 4) is 11.5 Å². The smallest absolute Gasteiger partial charge is 0.303 e. The third-order valence-corrected chi connectivity index (χ3v) is 5.54. The van der Waals surface area contributed by atoms with Crippen LogP contribution in [0.15, 0.2) is 48.5 Å². The van der Waals surface area contributed by atoms with Gasteiger partial charge < -0.3 is 23.7 Å². The molecule has 0 aliphatic carbocycles. The molecular formula is C27H33ClO8. The Hall–Kier alpha value is -3.26. The molecule has 0 heterocycles. The van der Waals surface area contributed by atoms with Crippen LogP contribution in [0.3, 0.4) is 0 Å². The molecule has 2 rings (SSSR count). The van der Waals surface area contributed by atoms with Gasteiger partial charge >= 0.3 is 17.9 Å². The van der Waals surface area contributed by atoms with Crippen molar-refractivity contribution in [3.05, 3.63) is 59.7 Å². The van der Waals surface area contributed by atoms with E-state index in [2.05, 4.69) is 13.8 Å². The first-order valence-electron chi connectivity index (χ1n) is 11.5. The molecule has 0 fully saturated rings. The zero-order valence-electron chi connectivity index (χ0n) is 21.2. The fourth-order valence-electron chi connectivity index (χ4n) is 3.30. The summed E-state index contributed by atoms with van der Waals surface area (Å²) in [5.74, 6) is -0.0441. The highest BCUT2D eigenvalue weighted by molar-refractivity contribution is 6.20. The molecule has 2 atom stereocenters. The number of carbonyl (C=O) groups excluding carboxylic acids is 3. The van der Waals surface area contributed by atoms with Gasteiger partial charge in [0.25, 0.3) is 0 Å². The largest absolute Gasteiger partial charge is 0.492 e. The van der Waals surface area contributed by atoms with Gasteiger partial charge in [-0.05, 0) is 35.4 Å². The summed E-state index contributed by atoms with van der Waals surface area (Å²) in [6, 6.07) is 15.4. The molecule has 2 aromatic rings. The summed E-state index contributed by atoms with van der Waals surface area (Å²) >= 11 is 6.11. The number of hydrogen-bond donors (Lipinski definition) is 0. The first-order valence-corrected chi connectivity index (χ1v) is 12.0. The van der Waals surface area contributed by atoms with Crippen LogP contribution < -0.4 is 9.47 Å². The SMILES string of the molecule is CC(=O)OC[C@H](Cl)COc1ccc(C(C)(C)c2ccc(OC[C@@H](COC(C)=O)OC(C)=O)cc2)cc1. The molecule has 0 amide bonds. The minimum Gasteiger partial charge on any atom is -0.492 e. The van der Waals surface area contributed by atoms with Crippen molar-refractivity contribution < 1.29 is 38.1 Å². The molecule has 0 saturated heterocycles. The molecule has 196 valence electrons. The van der Waals surface area contributed by atoms with Gasteiger partial charge in [0.15, 0.2) is 6.10 Å². The quantitative estimate of drug-likeness (QED) is 0.217. The van der Waals surface area contributed by atoms with Crippen molar-refractivity contribution in [3.63, 3.8) is 0 Å². The number of rotatable bonds is 13. The molecule has 0 aromatic heterocycles. The predicted octanol–water partition coefficient (Wildman–Crippen LogP) is 4.44. The zero-order valence-corrected chi connectivity index (χ0v) is 22.0. The summed E-state index contributed by atoms with van der Waals surface area (Å²) in [5.41, 5.74) is 1.86. The number of esters is 3. The van der Waals surface area contributed by atoms with Crippen LogP contribution >= 0.6 is 11.6 Å². The Kier molecular flexibility index (Phi) is 11.0. The first-order chi connectivity index (χ1) is 17.0. The van der Waals surface area contributed by atoms with Crippen LogP contribution in [-0.2, 0) is 34.0 Å². The van der Waals surface area contributed by atoms with E-state index in [4.69, 9.17) is 35.3 Å². The minimum absolute atomic E-state index is 0.0566. The number of benzene rings is 2. The fraction of sp³-hybridized carbons (Fsp3) is 0.444. The monoisotopic (exact) mass is 520 g/mol. The lowest BCUT2D eigenvalue weighted by molar-refractivity contribution is -0.158. The first kappa shape index (κ1) is 29.0. The highest BCUT2D eigenvalue weighted by Crippen LogP contribution is 2.33. The highest BCUT2D eigenvalue weighted by atomic mass is 35.5. The third kappa shape index (κ3) is 9.77. The van der Waals surface area contributed by atoms with E-state index in [1.807, 2.05) is 48.5 Å². The van der Waals surface area contributed by atoms with Crippen LogP contribution in [0, 0.1) is 0 Å². The van der Waals surface area contributed by atoms with Gasteiger partial charge in [0.05, 0.1) is 0 Å². The summed E-state index contributed by atoms with van der Waals surface area (Å²) in [5, 5.41) is -0.434. The van der Waals surface area contributed by atoms with Gasteiger partial charge in [-0.3, -0.25) is 14.4 Å².